The average molecular weight is 269 g/mol. The lowest BCUT2D eigenvalue weighted by atomic mass is 9.90. The van der Waals surface area contributed by atoms with E-state index in [2.05, 4.69) is 52.0 Å². The molecule has 0 bridgehead atoms. The van der Waals surface area contributed by atoms with Crippen molar-refractivity contribution in [3.05, 3.63) is 0 Å². The molecule has 1 fully saturated rings. The summed E-state index contributed by atoms with van der Waals surface area (Å²) in [5.74, 6) is 0.284. The summed E-state index contributed by atoms with van der Waals surface area (Å²) in [7, 11) is 4.17. The molecule has 0 aromatic heterocycles. The fourth-order valence-corrected chi connectivity index (χ4v) is 3.08. The standard InChI is InChI=1S/C15H31N3O/c1-12(2)16-13-8-7-9-18(14(13)19)11-15(3,4)10-17(5)6/h12-13,16H,7-11H2,1-6H3. The first-order valence-corrected chi connectivity index (χ1v) is 7.41. The molecule has 0 aromatic rings. The predicted octanol–water partition coefficient (Wildman–Crippen LogP) is 1.56. The van der Waals surface area contributed by atoms with Crippen LogP contribution in [-0.2, 0) is 4.79 Å². The maximum Gasteiger partial charge on any atom is 0.239 e. The molecule has 1 atom stereocenters. The summed E-state index contributed by atoms with van der Waals surface area (Å²) in [4.78, 5) is 16.7. The van der Waals surface area contributed by atoms with Gasteiger partial charge in [0, 0.05) is 25.7 Å². The van der Waals surface area contributed by atoms with E-state index in [0.717, 1.165) is 32.5 Å². The Balaban J connectivity index is 2.60. The lowest BCUT2D eigenvalue weighted by Crippen LogP contribution is -2.55. The van der Waals surface area contributed by atoms with Crippen LogP contribution >= 0.6 is 0 Å². The van der Waals surface area contributed by atoms with Crippen LogP contribution in [0.15, 0.2) is 0 Å². The minimum absolute atomic E-state index is 0.0175. The van der Waals surface area contributed by atoms with Gasteiger partial charge in [0.05, 0.1) is 6.04 Å². The normalized spacial score (nSPS) is 21.6. The van der Waals surface area contributed by atoms with Crippen molar-refractivity contribution < 1.29 is 4.79 Å². The van der Waals surface area contributed by atoms with Crippen LogP contribution in [0.1, 0.15) is 40.5 Å². The molecular formula is C15H31N3O. The van der Waals surface area contributed by atoms with Crippen LogP contribution in [0.3, 0.4) is 0 Å². The summed E-state index contributed by atoms with van der Waals surface area (Å²) < 4.78 is 0. The zero-order valence-electron chi connectivity index (χ0n) is 13.5. The summed E-state index contributed by atoms with van der Waals surface area (Å²) in [6, 6.07) is 0.382. The molecule has 0 aromatic carbocycles. The van der Waals surface area contributed by atoms with Crippen LogP contribution < -0.4 is 5.32 Å². The van der Waals surface area contributed by atoms with Crippen molar-refractivity contribution in [3.8, 4) is 0 Å². The van der Waals surface area contributed by atoms with Crippen LogP contribution in [0.4, 0.5) is 0 Å². The molecule has 4 nitrogen and oxygen atoms in total. The third kappa shape index (κ3) is 5.49. The van der Waals surface area contributed by atoms with E-state index in [4.69, 9.17) is 0 Å². The van der Waals surface area contributed by atoms with Crippen molar-refractivity contribution in [2.24, 2.45) is 5.41 Å². The Morgan fingerprint density at radius 3 is 2.58 bits per heavy atom. The van der Waals surface area contributed by atoms with E-state index >= 15 is 0 Å². The first-order chi connectivity index (χ1) is 8.71. The summed E-state index contributed by atoms with van der Waals surface area (Å²) in [6.07, 6.45) is 2.08. The number of likely N-dealkylation sites (tertiary alicyclic amines) is 1. The summed E-state index contributed by atoms with van der Waals surface area (Å²) in [5.41, 5.74) is 0.138. The topological polar surface area (TPSA) is 35.6 Å². The smallest absolute Gasteiger partial charge is 0.239 e. The Bertz CT molecular complexity index is 300. The number of hydrogen-bond donors (Lipinski definition) is 1. The number of nitrogens with one attached hydrogen (secondary N) is 1. The van der Waals surface area contributed by atoms with E-state index < -0.39 is 0 Å². The van der Waals surface area contributed by atoms with Gasteiger partial charge in [0.1, 0.15) is 0 Å². The Kier molecular flexibility index (Phi) is 5.81. The molecule has 19 heavy (non-hydrogen) atoms. The molecule has 4 heteroatoms. The lowest BCUT2D eigenvalue weighted by Gasteiger charge is -2.39. The highest BCUT2D eigenvalue weighted by Crippen LogP contribution is 2.21. The summed E-state index contributed by atoms with van der Waals surface area (Å²) in [5, 5.41) is 3.39. The number of rotatable bonds is 6. The van der Waals surface area contributed by atoms with Gasteiger partial charge in [-0.3, -0.25) is 4.79 Å². The van der Waals surface area contributed by atoms with Crippen molar-refractivity contribution in [2.45, 2.75) is 52.6 Å². The van der Waals surface area contributed by atoms with Gasteiger partial charge in [-0.05, 0) is 32.4 Å². The molecule has 1 amide bonds. The molecule has 112 valence electrons. The van der Waals surface area contributed by atoms with Crippen molar-refractivity contribution in [1.82, 2.24) is 15.1 Å². The highest BCUT2D eigenvalue weighted by molar-refractivity contribution is 5.82. The number of hydrogen-bond acceptors (Lipinski definition) is 3. The van der Waals surface area contributed by atoms with Gasteiger partial charge in [-0.15, -0.1) is 0 Å². The van der Waals surface area contributed by atoms with Gasteiger partial charge in [0.2, 0.25) is 5.91 Å². The first kappa shape index (κ1) is 16.4. The van der Waals surface area contributed by atoms with Crippen LogP contribution in [-0.4, -0.2) is 61.5 Å². The Morgan fingerprint density at radius 1 is 1.42 bits per heavy atom. The molecule has 0 aliphatic carbocycles. The van der Waals surface area contributed by atoms with Gasteiger partial charge < -0.3 is 15.1 Å². The van der Waals surface area contributed by atoms with Gasteiger partial charge >= 0.3 is 0 Å². The van der Waals surface area contributed by atoms with E-state index in [9.17, 15) is 4.79 Å². The van der Waals surface area contributed by atoms with Gasteiger partial charge in [0.15, 0.2) is 0 Å². The second kappa shape index (κ2) is 6.71. The molecule has 1 aliphatic heterocycles. The van der Waals surface area contributed by atoms with Crippen molar-refractivity contribution >= 4 is 5.91 Å². The second-order valence-corrected chi connectivity index (χ2v) is 7.18. The fourth-order valence-electron chi connectivity index (χ4n) is 3.08. The zero-order chi connectivity index (χ0) is 14.6. The maximum atomic E-state index is 12.5. The number of carbonyl (C=O) groups excluding carboxylic acids is 1. The first-order valence-electron chi connectivity index (χ1n) is 7.41. The predicted molar refractivity (Wildman–Crippen MR) is 80.2 cm³/mol. The van der Waals surface area contributed by atoms with Gasteiger partial charge in [-0.1, -0.05) is 27.7 Å². The highest BCUT2D eigenvalue weighted by Gasteiger charge is 2.32. The minimum Gasteiger partial charge on any atom is -0.341 e. The van der Waals surface area contributed by atoms with E-state index in [1.54, 1.807) is 0 Å². The summed E-state index contributed by atoms with van der Waals surface area (Å²) in [6.45, 7) is 11.4. The third-order valence-corrected chi connectivity index (χ3v) is 3.43. The number of carbonyl (C=O) groups is 1. The maximum absolute atomic E-state index is 12.5. The number of amides is 1. The van der Waals surface area contributed by atoms with Crippen LogP contribution in [0, 0.1) is 5.41 Å². The van der Waals surface area contributed by atoms with Crippen LogP contribution in [0.5, 0.6) is 0 Å². The van der Waals surface area contributed by atoms with Gasteiger partial charge in [0.25, 0.3) is 0 Å². The number of piperidine rings is 1. The molecule has 1 N–H and O–H groups in total. The van der Waals surface area contributed by atoms with E-state index in [-0.39, 0.29) is 17.4 Å². The van der Waals surface area contributed by atoms with Gasteiger partial charge in [-0.25, -0.2) is 0 Å². The molecule has 1 aliphatic rings. The molecule has 1 unspecified atom stereocenters. The van der Waals surface area contributed by atoms with E-state index in [1.165, 1.54) is 0 Å². The quantitative estimate of drug-likeness (QED) is 0.795. The Hall–Kier alpha value is -0.610. The Morgan fingerprint density at radius 2 is 2.05 bits per heavy atom. The minimum atomic E-state index is 0.0175. The average Bonchev–Trinajstić information content (AvgIpc) is 2.21. The van der Waals surface area contributed by atoms with E-state index in [1.807, 2.05) is 4.90 Å². The number of nitrogens with zero attached hydrogens (tertiary/aromatic N) is 2. The van der Waals surface area contributed by atoms with Crippen molar-refractivity contribution in [3.63, 3.8) is 0 Å². The van der Waals surface area contributed by atoms with E-state index in [0.29, 0.717) is 6.04 Å². The lowest BCUT2D eigenvalue weighted by molar-refractivity contribution is -0.137. The largest absolute Gasteiger partial charge is 0.341 e. The molecule has 0 radical (unpaired) electrons. The molecular weight excluding hydrogens is 238 g/mol. The SMILES string of the molecule is CC(C)NC1CCCN(CC(C)(C)CN(C)C)C1=O. The van der Waals surface area contributed by atoms with Crippen molar-refractivity contribution in [2.75, 3.05) is 33.7 Å². The van der Waals surface area contributed by atoms with Crippen LogP contribution in [0.2, 0.25) is 0 Å². The van der Waals surface area contributed by atoms with Crippen LogP contribution in [0.25, 0.3) is 0 Å². The molecule has 1 rings (SSSR count). The highest BCUT2D eigenvalue weighted by atomic mass is 16.2. The molecule has 0 saturated carbocycles. The monoisotopic (exact) mass is 269 g/mol. The second-order valence-electron chi connectivity index (χ2n) is 7.18. The summed E-state index contributed by atoms with van der Waals surface area (Å²) >= 11 is 0. The zero-order valence-corrected chi connectivity index (χ0v) is 13.5. The Labute approximate surface area is 118 Å². The van der Waals surface area contributed by atoms with Crippen molar-refractivity contribution in [1.29, 1.82) is 0 Å². The molecule has 1 heterocycles. The third-order valence-electron chi connectivity index (χ3n) is 3.43. The fraction of sp³-hybridized carbons (Fsp3) is 0.933. The molecule has 0 spiro atoms. The van der Waals surface area contributed by atoms with Gasteiger partial charge in [-0.2, -0.15) is 0 Å². The molecule has 1 saturated heterocycles.